The molecular formula is C15H22N4O2. The number of H-pyrrole nitrogens is 1. The van der Waals surface area contributed by atoms with Crippen LogP contribution in [0.3, 0.4) is 0 Å². The van der Waals surface area contributed by atoms with Gasteiger partial charge in [0, 0.05) is 18.7 Å². The van der Waals surface area contributed by atoms with E-state index >= 15 is 0 Å². The number of amides is 2. The van der Waals surface area contributed by atoms with Crippen LogP contribution in [0.25, 0.3) is 0 Å². The first-order chi connectivity index (χ1) is 9.76. The number of likely N-dealkylation sites (tertiary alicyclic amines) is 1. The Hall–Kier alpha value is -1.85. The Kier molecular flexibility index (Phi) is 3.07. The third-order valence-electron chi connectivity index (χ3n) is 4.59. The van der Waals surface area contributed by atoms with Gasteiger partial charge in [-0.25, -0.2) is 9.89 Å². The Morgan fingerprint density at radius 1 is 1.38 bits per heavy atom. The van der Waals surface area contributed by atoms with Gasteiger partial charge in [-0.2, -0.15) is 5.10 Å². The summed E-state index contributed by atoms with van der Waals surface area (Å²) in [6.45, 7) is 7.62. The number of nitrogens with zero attached hydrogens (tertiary/aromatic N) is 2. The number of anilines is 1. The van der Waals surface area contributed by atoms with E-state index in [0.29, 0.717) is 11.9 Å². The molecule has 1 aromatic heterocycles. The van der Waals surface area contributed by atoms with Crippen LogP contribution in [0.15, 0.2) is 16.9 Å². The molecule has 2 unspecified atom stereocenters. The maximum Gasteiger partial charge on any atom is 0.323 e. The highest BCUT2D eigenvalue weighted by atomic mass is 16.2. The van der Waals surface area contributed by atoms with E-state index in [1.807, 2.05) is 4.90 Å². The summed E-state index contributed by atoms with van der Waals surface area (Å²) in [5, 5.41) is 8.92. The van der Waals surface area contributed by atoms with Crippen molar-refractivity contribution in [3.8, 4) is 0 Å². The largest absolute Gasteiger partial charge is 0.323 e. The van der Waals surface area contributed by atoms with Gasteiger partial charge in [-0.15, -0.1) is 0 Å². The summed E-state index contributed by atoms with van der Waals surface area (Å²) in [7, 11) is 0. The molecule has 2 heterocycles. The second-order valence-electron chi connectivity index (χ2n) is 7.58. The number of carbonyl (C=O) groups excluding carboxylic acids is 1. The second kappa shape index (κ2) is 4.58. The average Bonchev–Trinajstić information content (AvgIpc) is 2.61. The van der Waals surface area contributed by atoms with Gasteiger partial charge in [-0.3, -0.25) is 10.1 Å². The molecule has 6 nitrogen and oxygen atoms in total. The Morgan fingerprint density at radius 2 is 2.14 bits per heavy atom. The fraction of sp³-hybridized carbons (Fsp3) is 0.667. The molecule has 114 valence electrons. The van der Waals surface area contributed by atoms with Crippen molar-refractivity contribution >= 4 is 11.8 Å². The third kappa shape index (κ3) is 2.80. The van der Waals surface area contributed by atoms with Crippen molar-refractivity contribution in [1.82, 2.24) is 15.1 Å². The lowest BCUT2D eigenvalue weighted by molar-refractivity contribution is 0.130. The van der Waals surface area contributed by atoms with Crippen LogP contribution in [-0.2, 0) is 0 Å². The number of rotatable bonds is 1. The molecule has 0 radical (unpaired) electrons. The maximum absolute atomic E-state index is 12.5. The summed E-state index contributed by atoms with van der Waals surface area (Å²) in [5.74, 6) is 0.380. The zero-order valence-corrected chi connectivity index (χ0v) is 12.8. The number of aromatic nitrogens is 2. The summed E-state index contributed by atoms with van der Waals surface area (Å²) in [6, 6.07) is 3.04. The molecule has 2 bridgehead atoms. The Bertz CT molecular complexity index is 604. The first-order valence-corrected chi connectivity index (χ1v) is 7.40. The van der Waals surface area contributed by atoms with E-state index in [9.17, 15) is 9.59 Å². The minimum atomic E-state index is -0.278. The fourth-order valence-corrected chi connectivity index (χ4v) is 4.29. The van der Waals surface area contributed by atoms with Gasteiger partial charge in [0.05, 0.1) is 0 Å². The fourth-order valence-electron chi connectivity index (χ4n) is 4.29. The highest BCUT2D eigenvalue weighted by Gasteiger charge is 2.51. The molecule has 2 aliphatic rings. The van der Waals surface area contributed by atoms with Crippen LogP contribution < -0.4 is 10.9 Å². The average molecular weight is 290 g/mol. The van der Waals surface area contributed by atoms with E-state index in [-0.39, 0.29) is 22.4 Å². The van der Waals surface area contributed by atoms with Gasteiger partial charge < -0.3 is 4.90 Å². The second-order valence-corrected chi connectivity index (χ2v) is 7.58. The molecule has 1 saturated heterocycles. The monoisotopic (exact) mass is 290 g/mol. The van der Waals surface area contributed by atoms with Crippen molar-refractivity contribution in [2.75, 3.05) is 11.9 Å². The number of nitrogens with one attached hydrogen (secondary N) is 2. The number of carbonyl (C=O) groups is 1. The van der Waals surface area contributed by atoms with Gasteiger partial charge in [-0.05, 0) is 36.2 Å². The number of fused-ring (bicyclic) bond motifs is 2. The minimum Gasteiger partial charge on any atom is -0.321 e. The van der Waals surface area contributed by atoms with Crippen molar-refractivity contribution in [2.24, 2.45) is 10.8 Å². The lowest BCUT2D eigenvalue weighted by Gasteiger charge is -2.39. The van der Waals surface area contributed by atoms with Crippen molar-refractivity contribution in [3.63, 3.8) is 0 Å². The Labute approximate surface area is 123 Å². The van der Waals surface area contributed by atoms with E-state index < -0.39 is 0 Å². The van der Waals surface area contributed by atoms with Crippen LogP contribution in [0, 0.1) is 10.8 Å². The molecule has 2 N–H and O–H groups in total. The van der Waals surface area contributed by atoms with E-state index in [4.69, 9.17) is 0 Å². The predicted octanol–water partition coefficient (Wildman–Crippen LogP) is 2.20. The number of hydrogen-bond acceptors (Lipinski definition) is 3. The molecule has 1 aliphatic carbocycles. The van der Waals surface area contributed by atoms with E-state index in [1.54, 1.807) is 0 Å². The van der Waals surface area contributed by atoms with Gasteiger partial charge in [0.25, 0.3) is 5.56 Å². The summed E-state index contributed by atoms with van der Waals surface area (Å²) in [4.78, 5) is 25.4. The molecule has 2 amide bonds. The molecule has 1 saturated carbocycles. The summed E-state index contributed by atoms with van der Waals surface area (Å²) >= 11 is 0. The summed E-state index contributed by atoms with van der Waals surface area (Å²) in [6.07, 6.45) is 3.26. The van der Waals surface area contributed by atoms with E-state index in [0.717, 1.165) is 25.8 Å². The normalized spacial score (nSPS) is 30.2. The van der Waals surface area contributed by atoms with Crippen LogP contribution in [0.4, 0.5) is 10.6 Å². The topological polar surface area (TPSA) is 78.1 Å². The van der Waals surface area contributed by atoms with Crippen LogP contribution in [0.2, 0.25) is 0 Å². The SMILES string of the molecule is CC1(C)CC2CC(C)(CN2C(=O)Nc2ccc(=O)[nH]n2)C1. The predicted molar refractivity (Wildman–Crippen MR) is 80.1 cm³/mol. The van der Waals surface area contributed by atoms with Crippen molar-refractivity contribution < 1.29 is 4.79 Å². The molecule has 3 rings (SSSR count). The van der Waals surface area contributed by atoms with Gasteiger partial charge in [0.2, 0.25) is 0 Å². The molecule has 2 fully saturated rings. The molecule has 1 aliphatic heterocycles. The number of aromatic amines is 1. The molecule has 2 atom stereocenters. The lowest BCUT2D eigenvalue weighted by atomic mass is 9.65. The van der Waals surface area contributed by atoms with Gasteiger partial charge in [-0.1, -0.05) is 20.8 Å². The van der Waals surface area contributed by atoms with Crippen LogP contribution in [-0.4, -0.2) is 33.7 Å². The first-order valence-electron chi connectivity index (χ1n) is 7.40. The van der Waals surface area contributed by atoms with Crippen LogP contribution in [0.5, 0.6) is 0 Å². The molecular weight excluding hydrogens is 268 g/mol. The minimum absolute atomic E-state index is 0.124. The molecule has 21 heavy (non-hydrogen) atoms. The van der Waals surface area contributed by atoms with Crippen molar-refractivity contribution in [1.29, 1.82) is 0 Å². The van der Waals surface area contributed by atoms with Gasteiger partial charge >= 0.3 is 6.03 Å². The lowest BCUT2D eigenvalue weighted by Crippen LogP contribution is -2.40. The maximum atomic E-state index is 12.5. The highest BCUT2D eigenvalue weighted by Crippen LogP contribution is 2.52. The number of urea groups is 1. The zero-order chi connectivity index (χ0) is 15.3. The smallest absolute Gasteiger partial charge is 0.321 e. The molecule has 1 aromatic rings. The van der Waals surface area contributed by atoms with Crippen LogP contribution in [0.1, 0.15) is 40.0 Å². The van der Waals surface area contributed by atoms with Crippen LogP contribution >= 0.6 is 0 Å². The Balaban J connectivity index is 1.74. The van der Waals surface area contributed by atoms with Gasteiger partial charge in [0.15, 0.2) is 5.82 Å². The molecule has 0 spiro atoms. The summed E-state index contributed by atoms with van der Waals surface area (Å²) < 4.78 is 0. The summed E-state index contributed by atoms with van der Waals surface area (Å²) in [5.41, 5.74) is 0.213. The zero-order valence-electron chi connectivity index (χ0n) is 12.8. The number of hydrogen-bond donors (Lipinski definition) is 2. The van der Waals surface area contributed by atoms with Crippen molar-refractivity contribution in [3.05, 3.63) is 22.5 Å². The standard InChI is InChI=1S/C15H22N4O2/c1-14(2)6-10-7-15(3,8-14)9-19(10)13(21)16-11-4-5-12(20)18-17-11/h4-5,10H,6-9H2,1-3H3,(H,18,20)(H,16,17,21). The van der Waals surface area contributed by atoms with Crippen molar-refractivity contribution in [2.45, 2.75) is 46.1 Å². The van der Waals surface area contributed by atoms with Gasteiger partial charge in [0.1, 0.15) is 0 Å². The van der Waals surface area contributed by atoms with E-state index in [1.165, 1.54) is 12.1 Å². The van der Waals surface area contributed by atoms with E-state index in [2.05, 4.69) is 36.3 Å². The first kappa shape index (κ1) is 14.1. The highest BCUT2D eigenvalue weighted by molar-refractivity contribution is 5.88. The molecule has 0 aromatic carbocycles. The quantitative estimate of drug-likeness (QED) is 0.832. The molecule has 6 heteroatoms. The third-order valence-corrected chi connectivity index (χ3v) is 4.59. The Morgan fingerprint density at radius 3 is 2.81 bits per heavy atom.